The van der Waals surface area contributed by atoms with E-state index in [-0.39, 0.29) is 11.0 Å². The van der Waals surface area contributed by atoms with E-state index in [1.165, 1.54) is 12.3 Å². The lowest BCUT2D eigenvalue weighted by atomic mass is 10.3. The molecule has 8 heteroatoms. The molecule has 0 radical (unpaired) electrons. The summed E-state index contributed by atoms with van der Waals surface area (Å²) >= 11 is 5.99. The highest BCUT2D eigenvalue weighted by molar-refractivity contribution is 6.32. The van der Waals surface area contributed by atoms with Crippen LogP contribution in [-0.2, 0) is 6.18 Å². The van der Waals surface area contributed by atoms with Crippen LogP contribution in [-0.4, -0.2) is 14.5 Å². The molecular formula is C13H7ClF3N3O. The zero-order valence-electron chi connectivity index (χ0n) is 10.3. The molecule has 0 aliphatic carbocycles. The number of nitrogens with zero attached hydrogens (tertiary/aromatic N) is 2. The molecule has 0 fully saturated rings. The van der Waals surface area contributed by atoms with Gasteiger partial charge in [0.05, 0.1) is 16.2 Å². The van der Waals surface area contributed by atoms with Crippen LogP contribution in [0.15, 0.2) is 41.3 Å². The topological polar surface area (TPSA) is 50.7 Å². The van der Waals surface area contributed by atoms with Crippen molar-refractivity contribution >= 4 is 22.6 Å². The van der Waals surface area contributed by atoms with E-state index in [9.17, 15) is 18.0 Å². The Labute approximate surface area is 120 Å². The van der Waals surface area contributed by atoms with E-state index >= 15 is 0 Å². The Morgan fingerprint density at radius 3 is 2.57 bits per heavy atom. The molecule has 3 rings (SSSR count). The molecule has 1 aromatic carbocycles. The van der Waals surface area contributed by atoms with Gasteiger partial charge in [0.1, 0.15) is 0 Å². The van der Waals surface area contributed by atoms with Gasteiger partial charge in [0, 0.05) is 6.20 Å². The van der Waals surface area contributed by atoms with Gasteiger partial charge < -0.3 is 4.98 Å². The maximum Gasteiger partial charge on any atom is 0.449 e. The summed E-state index contributed by atoms with van der Waals surface area (Å²) in [6.07, 6.45) is -3.29. The third-order valence-electron chi connectivity index (χ3n) is 2.92. The quantitative estimate of drug-likeness (QED) is 0.748. The second-order valence-electron chi connectivity index (χ2n) is 4.29. The SMILES string of the molecule is O=c1c2nc(C(F)(F)F)[nH]c2ccn1-c1ccccc1Cl. The number of rotatable bonds is 1. The zero-order valence-corrected chi connectivity index (χ0v) is 11.0. The number of para-hydroxylation sites is 1. The zero-order chi connectivity index (χ0) is 15.2. The number of hydrogen-bond donors (Lipinski definition) is 1. The minimum Gasteiger partial charge on any atom is -0.334 e. The molecular weight excluding hydrogens is 307 g/mol. The number of aromatic amines is 1. The summed E-state index contributed by atoms with van der Waals surface area (Å²) in [6, 6.07) is 7.88. The summed E-state index contributed by atoms with van der Waals surface area (Å²) in [7, 11) is 0. The van der Waals surface area contributed by atoms with Gasteiger partial charge in [0.2, 0.25) is 5.82 Å². The number of pyridine rings is 1. The summed E-state index contributed by atoms with van der Waals surface area (Å²) in [5.41, 5.74) is -0.560. The van der Waals surface area contributed by atoms with E-state index < -0.39 is 17.6 Å². The van der Waals surface area contributed by atoms with Crippen LogP contribution in [0.5, 0.6) is 0 Å². The summed E-state index contributed by atoms with van der Waals surface area (Å²) < 4.78 is 39.0. The van der Waals surface area contributed by atoms with Crippen LogP contribution in [0, 0.1) is 0 Å². The number of nitrogens with one attached hydrogen (secondary N) is 1. The minimum absolute atomic E-state index is 0.0237. The standard InChI is InChI=1S/C13H7ClF3N3O/c14-7-3-1-2-4-9(7)20-6-5-8-10(11(20)21)19-12(18-8)13(15,16)17/h1-6H,(H,18,19). The fourth-order valence-electron chi connectivity index (χ4n) is 1.97. The first-order valence-electron chi connectivity index (χ1n) is 5.81. The van der Waals surface area contributed by atoms with Crippen LogP contribution in [0.1, 0.15) is 5.82 Å². The normalized spacial score (nSPS) is 12.0. The maximum atomic E-state index is 12.6. The minimum atomic E-state index is -4.64. The Morgan fingerprint density at radius 2 is 1.90 bits per heavy atom. The Kier molecular flexibility index (Phi) is 3.02. The van der Waals surface area contributed by atoms with E-state index in [0.717, 1.165) is 4.57 Å². The van der Waals surface area contributed by atoms with Crippen molar-refractivity contribution in [3.8, 4) is 5.69 Å². The third-order valence-corrected chi connectivity index (χ3v) is 3.24. The molecule has 3 aromatic rings. The van der Waals surface area contributed by atoms with Crippen LogP contribution in [0.4, 0.5) is 13.2 Å². The van der Waals surface area contributed by atoms with Crippen molar-refractivity contribution in [2.24, 2.45) is 0 Å². The van der Waals surface area contributed by atoms with Gasteiger partial charge in [-0.3, -0.25) is 9.36 Å². The highest BCUT2D eigenvalue weighted by Crippen LogP contribution is 2.28. The molecule has 0 spiro atoms. The van der Waals surface area contributed by atoms with Crippen LogP contribution in [0.2, 0.25) is 5.02 Å². The second-order valence-corrected chi connectivity index (χ2v) is 4.69. The maximum absolute atomic E-state index is 12.6. The van der Waals surface area contributed by atoms with Gasteiger partial charge in [-0.25, -0.2) is 4.98 Å². The fourth-order valence-corrected chi connectivity index (χ4v) is 2.20. The van der Waals surface area contributed by atoms with Crippen LogP contribution < -0.4 is 5.56 Å². The molecule has 0 bridgehead atoms. The van der Waals surface area contributed by atoms with Crippen LogP contribution in [0.25, 0.3) is 16.7 Å². The molecule has 1 N–H and O–H groups in total. The van der Waals surface area contributed by atoms with Crippen molar-refractivity contribution in [3.63, 3.8) is 0 Å². The summed E-state index contributed by atoms with van der Waals surface area (Å²) in [5.74, 6) is -1.20. The number of halogens is 4. The van der Waals surface area contributed by atoms with Crippen LogP contribution in [0.3, 0.4) is 0 Å². The Morgan fingerprint density at radius 1 is 1.19 bits per heavy atom. The largest absolute Gasteiger partial charge is 0.449 e. The lowest BCUT2D eigenvalue weighted by Crippen LogP contribution is -2.18. The van der Waals surface area contributed by atoms with Crippen molar-refractivity contribution in [2.45, 2.75) is 6.18 Å². The second kappa shape index (κ2) is 4.63. The number of alkyl halides is 3. The molecule has 21 heavy (non-hydrogen) atoms. The molecule has 4 nitrogen and oxygen atoms in total. The first-order chi connectivity index (χ1) is 9.88. The number of benzene rings is 1. The highest BCUT2D eigenvalue weighted by atomic mass is 35.5. The molecule has 0 saturated carbocycles. The first-order valence-corrected chi connectivity index (χ1v) is 6.19. The average molecular weight is 314 g/mol. The van der Waals surface area contributed by atoms with E-state index in [1.807, 2.05) is 0 Å². The van der Waals surface area contributed by atoms with Gasteiger partial charge in [-0.1, -0.05) is 23.7 Å². The van der Waals surface area contributed by atoms with Crippen LogP contribution >= 0.6 is 11.6 Å². The molecule has 108 valence electrons. The van der Waals surface area contributed by atoms with Crippen molar-refractivity contribution < 1.29 is 13.2 Å². The number of hydrogen-bond acceptors (Lipinski definition) is 2. The number of H-pyrrole nitrogens is 1. The summed E-state index contributed by atoms with van der Waals surface area (Å²) in [6.45, 7) is 0. The van der Waals surface area contributed by atoms with Gasteiger partial charge in [-0.2, -0.15) is 13.2 Å². The van der Waals surface area contributed by atoms with Gasteiger partial charge >= 0.3 is 6.18 Å². The monoisotopic (exact) mass is 313 g/mol. The predicted octanol–water partition coefficient (Wildman–Crippen LogP) is 3.39. The number of fused-ring (bicyclic) bond motifs is 1. The number of aromatic nitrogens is 3. The third kappa shape index (κ3) is 2.29. The summed E-state index contributed by atoms with van der Waals surface area (Å²) in [4.78, 5) is 17.7. The fraction of sp³-hybridized carbons (Fsp3) is 0.0769. The van der Waals surface area contributed by atoms with Gasteiger partial charge in [-0.15, -0.1) is 0 Å². The van der Waals surface area contributed by atoms with Crippen molar-refractivity contribution in [1.82, 2.24) is 14.5 Å². The molecule has 2 aromatic heterocycles. The molecule has 0 atom stereocenters. The average Bonchev–Trinajstić information content (AvgIpc) is 2.85. The Hall–Kier alpha value is -2.28. The Bertz CT molecular complexity index is 882. The molecule has 0 unspecified atom stereocenters. The number of imidazole rings is 1. The Balaban J connectivity index is 2.26. The van der Waals surface area contributed by atoms with Gasteiger partial charge in [-0.05, 0) is 18.2 Å². The van der Waals surface area contributed by atoms with Gasteiger partial charge in [0.25, 0.3) is 5.56 Å². The molecule has 0 aliphatic heterocycles. The summed E-state index contributed by atoms with van der Waals surface area (Å²) in [5, 5.41) is 0.311. The predicted molar refractivity (Wildman–Crippen MR) is 71.7 cm³/mol. The van der Waals surface area contributed by atoms with E-state index in [0.29, 0.717) is 10.7 Å². The van der Waals surface area contributed by atoms with Gasteiger partial charge in [0.15, 0.2) is 5.52 Å². The first kappa shape index (κ1) is 13.7. The molecule has 0 saturated heterocycles. The van der Waals surface area contributed by atoms with Crippen molar-refractivity contribution in [3.05, 3.63) is 57.7 Å². The van der Waals surface area contributed by atoms with Crippen molar-refractivity contribution in [2.75, 3.05) is 0 Å². The smallest absolute Gasteiger partial charge is 0.334 e. The van der Waals surface area contributed by atoms with E-state index in [2.05, 4.69) is 9.97 Å². The van der Waals surface area contributed by atoms with E-state index in [4.69, 9.17) is 11.6 Å². The van der Waals surface area contributed by atoms with Crippen molar-refractivity contribution in [1.29, 1.82) is 0 Å². The lowest BCUT2D eigenvalue weighted by Gasteiger charge is -2.06. The molecule has 0 aliphatic rings. The molecule has 2 heterocycles. The highest BCUT2D eigenvalue weighted by Gasteiger charge is 2.35. The molecule has 0 amide bonds. The lowest BCUT2D eigenvalue weighted by molar-refractivity contribution is -0.144. The van der Waals surface area contributed by atoms with E-state index in [1.54, 1.807) is 24.3 Å².